The Kier molecular flexibility index (Phi) is 7.67. The molecule has 0 aromatic heterocycles. The zero-order valence-corrected chi connectivity index (χ0v) is 22.7. The zero-order chi connectivity index (χ0) is 26.9. The summed E-state index contributed by atoms with van der Waals surface area (Å²) in [5, 5.41) is 27.0. The van der Waals surface area contributed by atoms with Gasteiger partial charge in [0.05, 0.1) is 18.2 Å². The van der Waals surface area contributed by atoms with Crippen LogP contribution in [0.1, 0.15) is 83.1 Å². The molecule has 3 saturated carbocycles. The van der Waals surface area contributed by atoms with Crippen molar-refractivity contribution in [2.75, 3.05) is 13.2 Å². The Morgan fingerprint density at radius 3 is 2.63 bits per heavy atom. The number of allylic oxidation sites excluding steroid dienone is 2. The topological polar surface area (TPSA) is 108 Å². The van der Waals surface area contributed by atoms with Crippen molar-refractivity contribution in [2.24, 2.45) is 33.7 Å². The number of aliphatic hydroxyl groups is 1. The molecule has 3 fully saturated rings. The molecule has 206 valence electrons. The number of nitrogens with one attached hydrogen (secondary N) is 1. The summed E-state index contributed by atoms with van der Waals surface area (Å²) in [6.45, 7) is 4.81. The van der Waals surface area contributed by atoms with Gasteiger partial charge in [-0.05, 0) is 91.6 Å². The van der Waals surface area contributed by atoms with E-state index in [1.54, 1.807) is 0 Å². The highest BCUT2D eigenvalue weighted by atomic mass is 16.6. The normalized spacial score (nSPS) is 35.9. The van der Waals surface area contributed by atoms with Gasteiger partial charge in [0.1, 0.15) is 0 Å². The third-order valence-electron chi connectivity index (χ3n) is 10.5. The molecule has 5 rings (SSSR count). The minimum atomic E-state index is -0.898. The molecule has 0 radical (unpaired) electrons. The summed E-state index contributed by atoms with van der Waals surface area (Å²) < 4.78 is 0. The van der Waals surface area contributed by atoms with E-state index in [4.69, 9.17) is 4.84 Å². The largest absolute Gasteiger partial charge is 0.481 e. The Morgan fingerprint density at radius 1 is 1.08 bits per heavy atom. The van der Waals surface area contributed by atoms with Crippen LogP contribution in [-0.2, 0) is 14.4 Å². The van der Waals surface area contributed by atoms with Crippen LogP contribution in [0.3, 0.4) is 0 Å². The van der Waals surface area contributed by atoms with Crippen LogP contribution in [0.25, 0.3) is 0 Å². The van der Waals surface area contributed by atoms with Crippen LogP contribution in [0.4, 0.5) is 0 Å². The van der Waals surface area contributed by atoms with Crippen molar-refractivity contribution in [1.29, 1.82) is 0 Å². The average Bonchev–Trinajstić information content (AvgIpc) is 3.21. The molecule has 4 aliphatic carbocycles. The number of hydrogen-bond acceptors (Lipinski definition) is 5. The van der Waals surface area contributed by atoms with Gasteiger partial charge >= 0.3 is 5.97 Å². The Labute approximate surface area is 225 Å². The first-order valence-corrected chi connectivity index (χ1v) is 14.3. The number of carboxylic acid groups (broad SMARTS) is 1. The van der Waals surface area contributed by atoms with Gasteiger partial charge in [0.25, 0.3) is 5.91 Å². The van der Waals surface area contributed by atoms with E-state index in [-0.39, 0.29) is 48.3 Å². The molecule has 1 amide bonds. The van der Waals surface area contributed by atoms with E-state index in [1.807, 2.05) is 30.3 Å². The fourth-order valence-corrected chi connectivity index (χ4v) is 8.32. The summed E-state index contributed by atoms with van der Waals surface area (Å²) >= 11 is 0. The number of amides is 1. The van der Waals surface area contributed by atoms with E-state index in [1.165, 1.54) is 24.8 Å². The fourth-order valence-electron chi connectivity index (χ4n) is 8.32. The molecule has 0 unspecified atom stereocenters. The standard InChI is InChI=1S/C31H42N2O5/c1-30-14-12-23(17-22(30)8-9-24-25-10-11-27(34)31(25,2)15-13-26(24)30)33-38-19-28(35)32-18-21(16-29(36)37)20-6-4-3-5-7-20/h3-7,17,21,24-27,34H,8-16,18-19H2,1-2H3,(H,32,35)(H,36,37)/t21-,24+,25+,26+,27-,30-,31-/m0/s1. The Balaban J connectivity index is 1.16. The minimum Gasteiger partial charge on any atom is -0.481 e. The highest BCUT2D eigenvalue weighted by Crippen LogP contribution is 2.65. The van der Waals surface area contributed by atoms with Gasteiger partial charge in [-0.1, -0.05) is 54.9 Å². The van der Waals surface area contributed by atoms with E-state index in [2.05, 4.69) is 30.4 Å². The molecular formula is C31H42N2O5. The van der Waals surface area contributed by atoms with Gasteiger partial charge in [0, 0.05) is 12.5 Å². The molecule has 0 spiro atoms. The number of rotatable bonds is 8. The number of carbonyl (C=O) groups is 2. The monoisotopic (exact) mass is 522 g/mol. The minimum absolute atomic E-state index is 0.0534. The molecule has 0 aliphatic heterocycles. The molecule has 1 aromatic carbocycles. The van der Waals surface area contributed by atoms with E-state index in [0.717, 1.165) is 43.4 Å². The fraction of sp³-hybridized carbons (Fsp3) is 0.645. The van der Waals surface area contributed by atoms with Gasteiger partial charge in [0.2, 0.25) is 0 Å². The highest BCUT2D eigenvalue weighted by Gasteiger charge is 2.58. The predicted molar refractivity (Wildman–Crippen MR) is 146 cm³/mol. The van der Waals surface area contributed by atoms with Crippen LogP contribution in [0.2, 0.25) is 0 Å². The molecular weight excluding hydrogens is 480 g/mol. The van der Waals surface area contributed by atoms with Crippen LogP contribution in [0.5, 0.6) is 0 Å². The number of oxime groups is 1. The summed E-state index contributed by atoms with van der Waals surface area (Å²) in [5.41, 5.74) is 3.54. The lowest BCUT2D eigenvalue weighted by molar-refractivity contribution is -0.137. The third-order valence-corrected chi connectivity index (χ3v) is 10.5. The maximum atomic E-state index is 12.4. The first kappa shape index (κ1) is 26.9. The van der Waals surface area contributed by atoms with Crippen LogP contribution < -0.4 is 5.32 Å². The molecule has 0 heterocycles. The maximum Gasteiger partial charge on any atom is 0.304 e. The third kappa shape index (κ3) is 5.14. The van der Waals surface area contributed by atoms with Gasteiger partial charge in [-0.3, -0.25) is 9.59 Å². The van der Waals surface area contributed by atoms with Crippen LogP contribution in [0.15, 0.2) is 47.1 Å². The van der Waals surface area contributed by atoms with Crippen molar-refractivity contribution in [3.63, 3.8) is 0 Å². The molecule has 38 heavy (non-hydrogen) atoms. The zero-order valence-electron chi connectivity index (χ0n) is 22.7. The number of benzene rings is 1. The second-order valence-electron chi connectivity index (χ2n) is 12.5. The summed E-state index contributed by atoms with van der Waals surface area (Å²) in [7, 11) is 0. The lowest BCUT2D eigenvalue weighted by Gasteiger charge is -2.57. The second kappa shape index (κ2) is 10.8. The van der Waals surface area contributed by atoms with Crippen molar-refractivity contribution in [1.82, 2.24) is 5.32 Å². The molecule has 7 atom stereocenters. The number of carboxylic acids is 1. The summed E-state index contributed by atoms with van der Waals surface area (Å²) in [6, 6.07) is 9.37. The Morgan fingerprint density at radius 2 is 1.87 bits per heavy atom. The van der Waals surface area contributed by atoms with Gasteiger partial charge in [-0.15, -0.1) is 0 Å². The van der Waals surface area contributed by atoms with Crippen molar-refractivity contribution >= 4 is 17.6 Å². The molecule has 0 saturated heterocycles. The maximum absolute atomic E-state index is 12.4. The highest BCUT2D eigenvalue weighted by molar-refractivity contribution is 5.96. The number of carbonyl (C=O) groups excluding carboxylic acids is 1. The molecule has 7 heteroatoms. The van der Waals surface area contributed by atoms with Gasteiger partial charge < -0.3 is 20.4 Å². The van der Waals surface area contributed by atoms with E-state index < -0.39 is 5.97 Å². The van der Waals surface area contributed by atoms with E-state index in [9.17, 15) is 19.8 Å². The van der Waals surface area contributed by atoms with Crippen molar-refractivity contribution in [3.05, 3.63) is 47.5 Å². The lowest BCUT2D eigenvalue weighted by atomic mass is 9.47. The predicted octanol–water partition coefficient (Wildman–Crippen LogP) is 5.06. The van der Waals surface area contributed by atoms with E-state index >= 15 is 0 Å². The number of hydrogen-bond donors (Lipinski definition) is 3. The van der Waals surface area contributed by atoms with Gasteiger partial charge in [0.15, 0.2) is 6.61 Å². The van der Waals surface area contributed by atoms with Gasteiger partial charge in [-0.2, -0.15) is 0 Å². The van der Waals surface area contributed by atoms with Gasteiger partial charge in [-0.25, -0.2) is 0 Å². The molecule has 7 nitrogen and oxygen atoms in total. The summed E-state index contributed by atoms with van der Waals surface area (Å²) in [4.78, 5) is 29.1. The molecule has 0 bridgehead atoms. The molecule has 3 N–H and O–H groups in total. The quantitative estimate of drug-likeness (QED) is 0.414. The first-order chi connectivity index (χ1) is 18.2. The number of aliphatic carboxylic acids is 1. The molecule has 1 aromatic rings. The summed E-state index contributed by atoms with van der Waals surface area (Å²) in [6.07, 6.45) is 10.6. The summed E-state index contributed by atoms with van der Waals surface area (Å²) in [5.74, 6) is 0.506. The van der Waals surface area contributed by atoms with Crippen molar-refractivity contribution in [3.8, 4) is 0 Å². The first-order valence-electron chi connectivity index (χ1n) is 14.3. The Bertz CT molecular complexity index is 1100. The smallest absolute Gasteiger partial charge is 0.304 e. The van der Waals surface area contributed by atoms with Crippen LogP contribution >= 0.6 is 0 Å². The second-order valence-corrected chi connectivity index (χ2v) is 12.5. The average molecular weight is 523 g/mol. The van der Waals surface area contributed by atoms with E-state index in [0.29, 0.717) is 17.8 Å². The number of nitrogens with zero attached hydrogens (tertiary/aromatic N) is 1. The van der Waals surface area contributed by atoms with Crippen molar-refractivity contribution < 1.29 is 24.6 Å². The number of aliphatic hydroxyl groups excluding tert-OH is 1. The lowest BCUT2D eigenvalue weighted by Crippen LogP contribution is -2.51. The SMILES string of the molecule is C[C@]12CC[C@@H]3[C@H](CCC4=CC(=NOCC(=O)NC[C@H](CC(=O)O)c5ccccc5)CC[C@@]43C)[C@H]1CC[C@@H]2O. The van der Waals surface area contributed by atoms with Crippen LogP contribution in [0, 0.1) is 28.6 Å². The molecule has 4 aliphatic rings. The van der Waals surface area contributed by atoms with Crippen LogP contribution in [-0.4, -0.2) is 47.1 Å². The Hall–Kier alpha value is -2.67. The number of fused-ring (bicyclic) bond motifs is 5. The van der Waals surface area contributed by atoms with Crippen molar-refractivity contribution in [2.45, 2.75) is 83.7 Å².